The number of fused-ring (bicyclic) bond motifs is 1. The number of nitrogens with zero attached hydrogens (tertiary/aromatic N) is 2. The monoisotopic (exact) mass is 391 g/mol. The molecule has 0 aliphatic rings. The molecule has 2 heterocycles. The van der Waals surface area contributed by atoms with E-state index in [4.69, 9.17) is 0 Å². The first-order valence-corrected chi connectivity index (χ1v) is 8.63. The average Bonchev–Trinajstić information content (AvgIpc) is 2.96. The number of carbonyl (C=O) groups excluding carboxylic acids is 1. The zero-order valence-electron chi connectivity index (χ0n) is 12.4. The van der Waals surface area contributed by atoms with E-state index in [0.717, 1.165) is 19.7 Å². The van der Waals surface area contributed by atoms with Crippen LogP contribution in [0.15, 0.2) is 45.0 Å². The Morgan fingerprint density at radius 2 is 2.00 bits per heavy atom. The number of carbonyl (C=O) groups is 1. The van der Waals surface area contributed by atoms with Crippen LogP contribution >= 0.6 is 27.3 Å². The number of aromatic nitrogens is 2. The third-order valence-corrected chi connectivity index (χ3v) is 5.06. The Hall–Kier alpha value is -1.99. The predicted octanol–water partition coefficient (Wildman–Crippen LogP) is 2.85. The van der Waals surface area contributed by atoms with Crippen LogP contribution in [0.5, 0.6) is 0 Å². The fraction of sp³-hybridized carbons (Fsp3) is 0.188. The normalized spacial score (nSPS) is 10.9. The van der Waals surface area contributed by atoms with Crippen LogP contribution in [0.3, 0.4) is 0 Å². The van der Waals surface area contributed by atoms with Gasteiger partial charge in [-0.2, -0.15) is 5.10 Å². The van der Waals surface area contributed by atoms with Gasteiger partial charge in [-0.1, -0.05) is 18.2 Å². The summed E-state index contributed by atoms with van der Waals surface area (Å²) in [5, 5.41) is 8.44. The number of halogens is 1. The highest BCUT2D eigenvalue weighted by Gasteiger charge is 2.10. The lowest BCUT2D eigenvalue weighted by Gasteiger charge is -2.09. The lowest BCUT2D eigenvalue weighted by Crippen LogP contribution is -2.33. The van der Waals surface area contributed by atoms with Crippen molar-refractivity contribution in [2.45, 2.75) is 20.0 Å². The van der Waals surface area contributed by atoms with Crippen LogP contribution in [0.2, 0.25) is 0 Å². The van der Waals surface area contributed by atoms with Crippen molar-refractivity contribution in [2.75, 3.05) is 0 Å². The van der Waals surface area contributed by atoms with E-state index in [9.17, 15) is 9.59 Å². The molecule has 3 aromatic rings. The summed E-state index contributed by atoms with van der Waals surface area (Å²) in [6.07, 6.45) is 0. The standard InChI is InChI=1S/C16H14BrN3O2S/c1-10-12-4-2-3-5-13(12)16(22)20(19-10)9-15(21)18-8-11-6-7-14(17)23-11/h2-7H,8-9H2,1H3,(H,18,21). The molecule has 1 amide bonds. The zero-order valence-corrected chi connectivity index (χ0v) is 14.8. The molecule has 0 aliphatic heterocycles. The number of hydrogen-bond donors (Lipinski definition) is 1. The molecule has 1 aromatic carbocycles. The van der Waals surface area contributed by atoms with Gasteiger partial charge in [0.2, 0.25) is 5.91 Å². The van der Waals surface area contributed by atoms with Crippen LogP contribution in [0.4, 0.5) is 0 Å². The minimum absolute atomic E-state index is 0.0863. The molecule has 23 heavy (non-hydrogen) atoms. The fourth-order valence-electron chi connectivity index (χ4n) is 2.34. The van der Waals surface area contributed by atoms with Crippen molar-refractivity contribution < 1.29 is 4.79 Å². The van der Waals surface area contributed by atoms with Crippen LogP contribution < -0.4 is 10.9 Å². The highest BCUT2D eigenvalue weighted by molar-refractivity contribution is 9.11. The molecule has 0 aliphatic carbocycles. The second-order valence-corrected chi connectivity index (χ2v) is 7.62. The van der Waals surface area contributed by atoms with E-state index < -0.39 is 0 Å². The van der Waals surface area contributed by atoms with Gasteiger partial charge in [-0.3, -0.25) is 9.59 Å². The van der Waals surface area contributed by atoms with Gasteiger partial charge in [0.1, 0.15) is 6.54 Å². The average molecular weight is 392 g/mol. The van der Waals surface area contributed by atoms with Gasteiger partial charge in [0, 0.05) is 10.3 Å². The largest absolute Gasteiger partial charge is 0.350 e. The Morgan fingerprint density at radius 1 is 1.26 bits per heavy atom. The first kappa shape index (κ1) is 15.9. The van der Waals surface area contributed by atoms with Gasteiger partial charge < -0.3 is 5.32 Å². The summed E-state index contributed by atoms with van der Waals surface area (Å²) in [4.78, 5) is 25.5. The molecular formula is C16H14BrN3O2S. The van der Waals surface area contributed by atoms with Crippen molar-refractivity contribution in [1.82, 2.24) is 15.1 Å². The van der Waals surface area contributed by atoms with E-state index >= 15 is 0 Å². The Kier molecular flexibility index (Phi) is 4.58. The minimum atomic E-state index is -0.250. The highest BCUT2D eigenvalue weighted by Crippen LogP contribution is 2.21. The van der Waals surface area contributed by atoms with Crippen molar-refractivity contribution in [3.63, 3.8) is 0 Å². The Labute approximate surface area is 145 Å². The van der Waals surface area contributed by atoms with E-state index in [0.29, 0.717) is 11.9 Å². The van der Waals surface area contributed by atoms with Crippen LogP contribution in [0.1, 0.15) is 10.6 Å². The number of nitrogens with one attached hydrogen (secondary N) is 1. The SMILES string of the molecule is Cc1nn(CC(=O)NCc2ccc(Br)s2)c(=O)c2ccccc12. The Balaban J connectivity index is 1.77. The minimum Gasteiger partial charge on any atom is -0.350 e. The third-order valence-electron chi connectivity index (χ3n) is 3.43. The number of benzene rings is 1. The summed E-state index contributed by atoms with van der Waals surface area (Å²) in [6, 6.07) is 11.2. The number of amides is 1. The maximum Gasteiger partial charge on any atom is 0.275 e. The van der Waals surface area contributed by atoms with E-state index in [2.05, 4.69) is 26.3 Å². The molecule has 3 rings (SSSR count). The molecule has 2 aromatic heterocycles. The molecule has 1 N–H and O–H groups in total. The quantitative estimate of drug-likeness (QED) is 0.743. The maximum absolute atomic E-state index is 12.4. The van der Waals surface area contributed by atoms with Crippen molar-refractivity contribution in [3.05, 3.63) is 61.1 Å². The van der Waals surface area contributed by atoms with Gasteiger partial charge in [-0.15, -0.1) is 11.3 Å². The third kappa shape index (κ3) is 3.51. The number of thiophene rings is 1. The van der Waals surface area contributed by atoms with Gasteiger partial charge >= 0.3 is 0 Å². The summed E-state index contributed by atoms with van der Waals surface area (Å²) < 4.78 is 2.24. The molecule has 7 heteroatoms. The summed E-state index contributed by atoms with van der Waals surface area (Å²) >= 11 is 4.95. The van der Waals surface area contributed by atoms with Crippen molar-refractivity contribution in [2.24, 2.45) is 0 Å². The molecular weight excluding hydrogens is 378 g/mol. The molecule has 0 radical (unpaired) electrons. The molecule has 0 bridgehead atoms. The first-order valence-electron chi connectivity index (χ1n) is 7.02. The van der Waals surface area contributed by atoms with Gasteiger partial charge in [-0.05, 0) is 41.1 Å². The van der Waals surface area contributed by atoms with Crippen LogP contribution in [0.25, 0.3) is 10.8 Å². The predicted molar refractivity (Wildman–Crippen MR) is 94.6 cm³/mol. The molecule has 0 atom stereocenters. The van der Waals surface area contributed by atoms with E-state index in [1.807, 2.05) is 37.3 Å². The van der Waals surface area contributed by atoms with Crippen LogP contribution in [-0.2, 0) is 17.9 Å². The van der Waals surface area contributed by atoms with Crippen molar-refractivity contribution >= 4 is 43.9 Å². The first-order chi connectivity index (χ1) is 11.0. The fourth-order valence-corrected chi connectivity index (χ4v) is 3.76. The Bertz CT molecular complexity index is 932. The second kappa shape index (κ2) is 6.64. The topological polar surface area (TPSA) is 64.0 Å². The van der Waals surface area contributed by atoms with Gasteiger partial charge in [-0.25, -0.2) is 4.68 Å². The highest BCUT2D eigenvalue weighted by atomic mass is 79.9. The molecule has 5 nitrogen and oxygen atoms in total. The maximum atomic E-state index is 12.4. The lowest BCUT2D eigenvalue weighted by atomic mass is 10.1. The van der Waals surface area contributed by atoms with Crippen molar-refractivity contribution in [3.8, 4) is 0 Å². The molecule has 0 saturated heterocycles. The van der Waals surface area contributed by atoms with Gasteiger partial charge in [0.05, 0.1) is 21.4 Å². The summed E-state index contributed by atoms with van der Waals surface area (Å²) in [7, 11) is 0. The van der Waals surface area contributed by atoms with E-state index in [-0.39, 0.29) is 18.0 Å². The smallest absolute Gasteiger partial charge is 0.275 e. The number of rotatable bonds is 4. The second-order valence-electron chi connectivity index (χ2n) is 5.08. The number of aryl methyl sites for hydroxylation is 1. The van der Waals surface area contributed by atoms with Gasteiger partial charge in [0.15, 0.2) is 0 Å². The van der Waals surface area contributed by atoms with E-state index in [1.165, 1.54) is 4.68 Å². The summed E-state index contributed by atoms with van der Waals surface area (Å²) in [5.41, 5.74) is 0.482. The summed E-state index contributed by atoms with van der Waals surface area (Å²) in [6.45, 7) is 2.19. The molecule has 0 saturated carbocycles. The zero-order chi connectivity index (χ0) is 16.4. The molecule has 118 valence electrons. The van der Waals surface area contributed by atoms with E-state index in [1.54, 1.807) is 17.4 Å². The van der Waals surface area contributed by atoms with Crippen LogP contribution in [0, 0.1) is 6.92 Å². The lowest BCUT2D eigenvalue weighted by molar-refractivity contribution is -0.122. The summed E-state index contributed by atoms with van der Waals surface area (Å²) in [5.74, 6) is -0.237. The number of hydrogen-bond acceptors (Lipinski definition) is 4. The molecule has 0 spiro atoms. The van der Waals surface area contributed by atoms with Gasteiger partial charge in [0.25, 0.3) is 5.56 Å². The Morgan fingerprint density at radius 3 is 2.70 bits per heavy atom. The van der Waals surface area contributed by atoms with Crippen LogP contribution in [-0.4, -0.2) is 15.7 Å². The molecule has 0 fully saturated rings. The molecule has 0 unspecified atom stereocenters. The van der Waals surface area contributed by atoms with Crippen molar-refractivity contribution in [1.29, 1.82) is 0 Å².